The van der Waals surface area contributed by atoms with Crippen molar-refractivity contribution in [3.63, 3.8) is 0 Å². The molecule has 1 rings (SSSR count). The normalized spacial score (nSPS) is 9.87. The van der Waals surface area contributed by atoms with Gasteiger partial charge in [-0.3, -0.25) is 0 Å². The second kappa shape index (κ2) is 6.87. The molecule has 82 valence electrons. The predicted octanol–water partition coefficient (Wildman–Crippen LogP) is 2.67. The van der Waals surface area contributed by atoms with Crippen molar-refractivity contribution in [2.24, 2.45) is 0 Å². The Hall–Kier alpha value is -1.51. The van der Waals surface area contributed by atoms with E-state index in [1.165, 1.54) is 5.56 Å². The molecular weight excluding hydrogens is 190 g/mol. The zero-order valence-electron chi connectivity index (χ0n) is 8.78. The summed E-state index contributed by atoms with van der Waals surface area (Å²) in [7, 11) is 0. The van der Waals surface area contributed by atoms with Gasteiger partial charge in [0.15, 0.2) is 0 Å². The molecule has 1 aromatic rings. The van der Waals surface area contributed by atoms with Gasteiger partial charge in [-0.25, -0.2) is 4.79 Å². The summed E-state index contributed by atoms with van der Waals surface area (Å²) in [6.45, 7) is 0.560. The first-order chi connectivity index (χ1) is 7.29. The SMILES string of the molecule is O=C(O)NCCCCCc1ccccc1. The van der Waals surface area contributed by atoms with E-state index in [0.29, 0.717) is 6.54 Å². The summed E-state index contributed by atoms with van der Waals surface area (Å²) in [5, 5.41) is 10.7. The highest BCUT2D eigenvalue weighted by molar-refractivity contribution is 5.64. The first-order valence-electron chi connectivity index (χ1n) is 5.30. The van der Waals surface area contributed by atoms with E-state index in [1.54, 1.807) is 0 Å². The maximum atomic E-state index is 10.1. The third-order valence-electron chi connectivity index (χ3n) is 2.26. The number of benzene rings is 1. The number of aryl methyl sites for hydroxylation is 1. The van der Waals surface area contributed by atoms with E-state index in [4.69, 9.17) is 5.11 Å². The fraction of sp³-hybridized carbons (Fsp3) is 0.417. The molecule has 0 atom stereocenters. The van der Waals surface area contributed by atoms with Gasteiger partial charge in [0.05, 0.1) is 0 Å². The van der Waals surface area contributed by atoms with Crippen molar-refractivity contribution < 1.29 is 9.90 Å². The molecule has 0 unspecified atom stereocenters. The number of amides is 1. The Morgan fingerprint density at radius 1 is 1.13 bits per heavy atom. The molecule has 3 heteroatoms. The minimum absolute atomic E-state index is 0.560. The number of carboxylic acid groups (broad SMARTS) is 1. The van der Waals surface area contributed by atoms with Crippen LogP contribution in [0.2, 0.25) is 0 Å². The maximum Gasteiger partial charge on any atom is 0.404 e. The summed E-state index contributed by atoms with van der Waals surface area (Å²) in [5.74, 6) is 0. The van der Waals surface area contributed by atoms with Gasteiger partial charge in [0.2, 0.25) is 0 Å². The number of rotatable bonds is 6. The monoisotopic (exact) mass is 207 g/mol. The van der Waals surface area contributed by atoms with E-state index in [2.05, 4.69) is 17.4 Å². The topological polar surface area (TPSA) is 49.3 Å². The van der Waals surface area contributed by atoms with Crippen molar-refractivity contribution in [1.82, 2.24) is 5.32 Å². The smallest absolute Gasteiger partial charge is 0.404 e. The molecule has 0 fully saturated rings. The van der Waals surface area contributed by atoms with E-state index < -0.39 is 6.09 Å². The average molecular weight is 207 g/mol. The second-order valence-corrected chi connectivity index (χ2v) is 3.53. The van der Waals surface area contributed by atoms with Crippen molar-refractivity contribution in [3.8, 4) is 0 Å². The van der Waals surface area contributed by atoms with Gasteiger partial charge in [-0.2, -0.15) is 0 Å². The standard InChI is InChI=1S/C12H17NO2/c14-12(15)13-10-6-2-5-9-11-7-3-1-4-8-11/h1,3-4,7-8,13H,2,5-6,9-10H2,(H,14,15). The number of unbranched alkanes of at least 4 members (excludes halogenated alkanes) is 2. The van der Waals surface area contributed by atoms with Crippen LogP contribution in [0.1, 0.15) is 24.8 Å². The molecule has 2 N–H and O–H groups in total. The predicted molar refractivity (Wildman–Crippen MR) is 60.0 cm³/mol. The average Bonchev–Trinajstić information content (AvgIpc) is 2.24. The minimum atomic E-state index is -0.932. The molecule has 0 saturated carbocycles. The third-order valence-corrected chi connectivity index (χ3v) is 2.26. The highest BCUT2D eigenvalue weighted by Gasteiger charge is 1.94. The molecule has 0 heterocycles. The van der Waals surface area contributed by atoms with Crippen LogP contribution in [0.4, 0.5) is 4.79 Å². The molecule has 1 amide bonds. The fourth-order valence-corrected chi connectivity index (χ4v) is 1.47. The second-order valence-electron chi connectivity index (χ2n) is 3.53. The molecule has 0 aliphatic carbocycles. The number of nitrogens with one attached hydrogen (secondary N) is 1. The first kappa shape index (κ1) is 11.6. The van der Waals surface area contributed by atoms with E-state index >= 15 is 0 Å². The third kappa shape index (κ3) is 5.73. The Kier molecular flexibility index (Phi) is 5.30. The van der Waals surface area contributed by atoms with Gasteiger partial charge < -0.3 is 10.4 Å². The Balaban J connectivity index is 2.00. The Morgan fingerprint density at radius 2 is 1.87 bits per heavy atom. The molecule has 0 aliphatic rings. The molecular formula is C12H17NO2. The van der Waals surface area contributed by atoms with Crippen LogP contribution in [-0.2, 0) is 6.42 Å². The molecule has 15 heavy (non-hydrogen) atoms. The number of hydrogen-bond acceptors (Lipinski definition) is 1. The molecule has 0 bridgehead atoms. The molecule has 1 aromatic carbocycles. The van der Waals surface area contributed by atoms with Crippen molar-refractivity contribution >= 4 is 6.09 Å². The van der Waals surface area contributed by atoms with Crippen molar-refractivity contribution in [2.45, 2.75) is 25.7 Å². The lowest BCUT2D eigenvalue weighted by atomic mass is 10.1. The number of hydrogen-bond donors (Lipinski definition) is 2. The minimum Gasteiger partial charge on any atom is -0.465 e. The summed E-state index contributed by atoms with van der Waals surface area (Å²) in [5.41, 5.74) is 1.35. The van der Waals surface area contributed by atoms with Crippen LogP contribution >= 0.6 is 0 Å². The maximum absolute atomic E-state index is 10.1. The van der Waals surface area contributed by atoms with Crippen LogP contribution in [0.25, 0.3) is 0 Å². The van der Waals surface area contributed by atoms with Gasteiger partial charge in [-0.15, -0.1) is 0 Å². The highest BCUT2D eigenvalue weighted by Crippen LogP contribution is 2.05. The highest BCUT2D eigenvalue weighted by atomic mass is 16.4. The quantitative estimate of drug-likeness (QED) is 0.704. The molecule has 0 aromatic heterocycles. The lowest BCUT2D eigenvalue weighted by molar-refractivity contribution is 0.194. The Morgan fingerprint density at radius 3 is 2.53 bits per heavy atom. The lowest BCUT2D eigenvalue weighted by Crippen LogP contribution is -2.21. The van der Waals surface area contributed by atoms with Crippen LogP contribution in [0.15, 0.2) is 30.3 Å². The lowest BCUT2D eigenvalue weighted by Gasteiger charge is -2.02. The summed E-state index contributed by atoms with van der Waals surface area (Å²) >= 11 is 0. The van der Waals surface area contributed by atoms with Gasteiger partial charge >= 0.3 is 6.09 Å². The van der Waals surface area contributed by atoms with Crippen LogP contribution in [0.5, 0.6) is 0 Å². The van der Waals surface area contributed by atoms with Gasteiger partial charge in [0.1, 0.15) is 0 Å². The summed E-state index contributed by atoms with van der Waals surface area (Å²) < 4.78 is 0. The van der Waals surface area contributed by atoms with Gasteiger partial charge in [-0.1, -0.05) is 36.8 Å². The first-order valence-corrected chi connectivity index (χ1v) is 5.30. The van der Waals surface area contributed by atoms with Gasteiger partial charge in [0.25, 0.3) is 0 Å². The van der Waals surface area contributed by atoms with Crippen molar-refractivity contribution in [3.05, 3.63) is 35.9 Å². The summed E-state index contributed by atoms with van der Waals surface area (Å²) in [6, 6.07) is 10.3. The van der Waals surface area contributed by atoms with Gasteiger partial charge in [-0.05, 0) is 24.8 Å². The van der Waals surface area contributed by atoms with Crippen molar-refractivity contribution in [2.75, 3.05) is 6.54 Å². The van der Waals surface area contributed by atoms with Crippen LogP contribution in [0, 0.1) is 0 Å². The largest absolute Gasteiger partial charge is 0.465 e. The van der Waals surface area contributed by atoms with Crippen LogP contribution < -0.4 is 5.32 Å². The summed E-state index contributed by atoms with van der Waals surface area (Å²) in [4.78, 5) is 10.1. The van der Waals surface area contributed by atoms with Gasteiger partial charge in [0, 0.05) is 6.54 Å². The van der Waals surface area contributed by atoms with Crippen LogP contribution in [0.3, 0.4) is 0 Å². The van der Waals surface area contributed by atoms with E-state index in [9.17, 15) is 4.79 Å². The van der Waals surface area contributed by atoms with E-state index in [0.717, 1.165) is 25.7 Å². The van der Waals surface area contributed by atoms with E-state index in [1.807, 2.05) is 18.2 Å². The summed E-state index contributed by atoms with van der Waals surface area (Å²) in [6.07, 6.45) is 3.24. The van der Waals surface area contributed by atoms with Crippen molar-refractivity contribution in [1.29, 1.82) is 0 Å². The molecule has 3 nitrogen and oxygen atoms in total. The molecule has 0 spiro atoms. The Labute approximate surface area is 90.1 Å². The van der Waals surface area contributed by atoms with E-state index in [-0.39, 0.29) is 0 Å². The fourth-order valence-electron chi connectivity index (χ4n) is 1.47. The molecule has 0 radical (unpaired) electrons. The Bertz CT molecular complexity index is 285. The molecule has 0 saturated heterocycles. The number of carbonyl (C=O) groups is 1. The van der Waals surface area contributed by atoms with Crippen LogP contribution in [-0.4, -0.2) is 17.7 Å². The zero-order valence-corrected chi connectivity index (χ0v) is 8.78. The molecule has 0 aliphatic heterocycles. The zero-order chi connectivity index (χ0) is 10.9.